The number of hydrogen-bond acceptors (Lipinski definition) is 0. The Morgan fingerprint density at radius 1 is 1.60 bits per heavy atom. The maximum atomic E-state index is 3.14. The van der Waals surface area contributed by atoms with Crippen molar-refractivity contribution in [3.05, 3.63) is 18.5 Å². The molecular formula is C8H15N2+. The highest BCUT2D eigenvalue weighted by atomic mass is 15.3. The van der Waals surface area contributed by atoms with Gasteiger partial charge in [-0.15, -0.1) is 4.68 Å². The fourth-order valence-corrected chi connectivity index (χ4v) is 1.14. The number of nitrogens with zero attached hydrogens (tertiary/aromatic N) is 1. The van der Waals surface area contributed by atoms with E-state index in [1.807, 2.05) is 12.3 Å². The molecule has 1 aromatic rings. The number of aromatic amines is 1. The molecule has 0 saturated heterocycles. The first-order chi connectivity index (χ1) is 4.84. The van der Waals surface area contributed by atoms with Crippen LogP contribution in [0, 0.1) is 0 Å². The third-order valence-corrected chi connectivity index (χ3v) is 1.75. The zero-order valence-electron chi connectivity index (χ0n) is 6.67. The second kappa shape index (κ2) is 3.40. The second-order valence-corrected chi connectivity index (χ2v) is 2.68. The smallest absolute Gasteiger partial charge is 0.173 e. The van der Waals surface area contributed by atoms with Crippen LogP contribution in [0.4, 0.5) is 0 Å². The summed E-state index contributed by atoms with van der Waals surface area (Å²) in [4.78, 5) is 0. The molecule has 1 unspecified atom stereocenters. The van der Waals surface area contributed by atoms with Gasteiger partial charge in [0.25, 0.3) is 0 Å². The van der Waals surface area contributed by atoms with Crippen molar-refractivity contribution in [3.8, 4) is 0 Å². The highest BCUT2D eigenvalue weighted by Gasteiger charge is 2.09. The molecule has 1 aromatic heterocycles. The van der Waals surface area contributed by atoms with Gasteiger partial charge in [-0.2, -0.15) is 5.10 Å². The minimum Gasteiger partial charge on any atom is -0.173 e. The van der Waals surface area contributed by atoms with Crippen LogP contribution in [-0.4, -0.2) is 5.10 Å². The molecule has 0 fully saturated rings. The summed E-state index contributed by atoms with van der Waals surface area (Å²) in [5.41, 5.74) is 0. The molecule has 0 radical (unpaired) electrons. The van der Waals surface area contributed by atoms with Crippen LogP contribution in [-0.2, 0) is 0 Å². The molecule has 0 bridgehead atoms. The molecule has 2 nitrogen and oxygen atoms in total. The van der Waals surface area contributed by atoms with Crippen molar-refractivity contribution in [2.45, 2.75) is 32.7 Å². The van der Waals surface area contributed by atoms with E-state index in [2.05, 4.69) is 29.8 Å². The van der Waals surface area contributed by atoms with Gasteiger partial charge in [0.1, 0.15) is 0 Å². The fourth-order valence-electron chi connectivity index (χ4n) is 1.14. The van der Waals surface area contributed by atoms with Crippen molar-refractivity contribution in [2.75, 3.05) is 0 Å². The normalized spacial score (nSPS) is 13.4. The lowest BCUT2D eigenvalue weighted by atomic mass is 10.2. The third kappa shape index (κ3) is 1.59. The third-order valence-electron chi connectivity index (χ3n) is 1.75. The molecule has 1 N–H and O–H groups in total. The predicted octanol–water partition coefficient (Wildman–Crippen LogP) is 1.66. The van der Waals surface area contributed by atoms with Gasteiger partial charge in [0.05, 0.1) is 6.20 Å². The van der Waals surface area contributed by atoms with E-state index in [0.717, 1.165) is 0 Å². The zero-order valence-corrected chi connectivity index (χ0v) is 6.67. The van der Waals surface area contributed by atoms with Crippen molar-refractivity contribution < 1.29 is 4.68 Å². The number of aromatic nitrogens is 2. The van der Waals surface area contributed by atoms with Gasteiger partial charge in [0.15, 0.2) is 12.2 Å². The topological polar surface area (TPSA) is 19.7 Å². The molecule has 0 spiro atoms. The lowest BCUT2D eigenvalue weighted by molar-refractivity contribution is -0.771. The van der Waals surface area contributed by atoms with E-state index in [1.54, 1.807) is 0 Å². The van der Waals surface area contributed by atoms with Crippen molar-refractivity contribution in [2.24, 2.45) is 0 Å². The first-order valence-corrected chi connectivity index (χ1v) is 3.89. The summed E-state index contributed by atoms with van der Waals surface area (Å²) in [7, 11) is 0. The summed E-state index contributed by atoms with van der Waals surface area (Å²) in [5, 5.41) is 3.14. The van der Waals surface area contributed by atoms with E-state index >= 15 is 0 Å². The van der Waals surface area contributed by atoms with Crippen molar-refractivity contribution >= 4 is 0 Å². The molecule has 56 valence electrons. The van der Waals surface area contributed by atoms with E-state index in [-0.39, 0.29) is 0 Å². The molecule has 0 aliphatic carbocycles. The Labute approximate surface area is 61.9 Å². The van der Waals surface area contributed by atoms with Crippen LogP contribution in [0.5, 0.6) is 0 Å². The van der Waals surface area contributed by atoms with Gasteiger partial charge < -0.3 is 0 Å². The molecule has 0 aliphatic rings. The van der Waals surface area contributed by atoms with Crippen LogP contribution < -0.4 is 4.68 Å². The van der Waals surface area contributed by atoms with E-state index in [4.69, 9.17) is 0 Å². The average molecular weight is 139 g/mol. The van der Waals surface area contributed by atoms with Gasteiger partial charge in [-0.3, -0.25) is 0 Å². The average Bonchev–Trinajstić information content (AvgIpc) is 2.38. The quantitative estimate of drug-likeness (QED) is 0.614. The van der Waals surface area contributed by atoms with Crippen molar-refractivity contribution in [3.63, 3.8) is 0 Å². The van der Waals surface area contributed by atoms with Crippen LogP contribution >= 0.6 is 0 Å². The Morgan fingerprint density at radius 3 is 2.90 bits per heavy atom. The summed E-state index contributed by atoms with van der Waals surface area (Å²) in [6.07, 6.45) is 6.50. The molecule has 0 amide bonds. The lowest BCUT2D eigenvalue weighted by Gasteiger charge is -1.99. The maximum absolute atomic E-state index is 3.14. The van der Waals surface area contributed by atoms with Gasteiger partial charge in [0, 0.05) is 19.4 Å². The Kier molecular flexibility index (Phi) is 2.49. The largest absolute Gasteiger partial charge is 0.195 e. The Hall–Kier alpha value is -0.790. The first kappa shape index (κ1) is 7.32. The molecule has 10 heavy (non-hydrogen) atoms. The molecule has 2 heteroatoms. The van der Waals surface area contributed by atoms with Gasteiger partial charge in [-0.05, 0) is 6.42 Å². The first-order valence-electron chi connectivity index (χ1n) is 3.89. The summed E-state index contributed by atoms with van der Waals surface area (Å²) >= 11 is 0. The van der Waals surface area contributed by atoms with Crippen LogP contribution in [0.1, 0.15) is 32.7 Å². The van der Waals surface area contributed by atoms with Crippen LogP contribution in [0.15, 0.2) is 18.5 Å². The SMILES string of the molecule is CCCC(C)[n+]1ccc[nH]1. The zero-order chi connectivity index (χ0) is 7.40. The second-order valence-electron chi connectivity index (χ2n) is 2.68. The molecule has 0 saturated carbocycles. The molecule has 0 aliphatic heterocycles. The van der Waals surface area contributed by atoms with Crippen LogP contribution in [0.25, 0.3) is 0 Å². The summed E-state index contributed by atoms with van der Waals surface area (Å²) < 4.78 is 2.13. The van der Waals surface area contributed by atoms with Gasteiger partial charge in [-0.25, -0.2) is 0 Å². The highest BCUT2D eigenvalue weighted by molar-refractivity contribution is 4.67. The Bertz CT molecular complexity index is 167. The Balaban J connectivity index is 2.50. The van der Waals surface area contributed by atoms with E-state index < -0.39 is 0 Å². The molecule has 1 atom stereocenters. The predicted molar refractivity (Wildman–Crippen MR) is 40.6 cm³/mol. The monoisotopic (exact) mass is 139 g/mol. The van der Waals surface area contributed by atoms with Crippen molar-refractivity contribution in [1.29, 1.82) is 0 Å². The fraction of sp³-hybridized carbons (Fsp3) is 0.625. The molecule has 1 heterocycles. The van der Waals surface area contributed by atoms with E-state index in [0.29, 0.717) is 6.04 Å². The summed E-state index contributed by atoms with van der Waals surface area (Å²) in [6, 6.07) is 2.63. The standard InChI is InChI=1S/C8H14N2/c1-3-5-8(2)10-7-4-6-9-10/h4,6-8H,3,5H2,1-2H3/p+1. The minimum absolute atomic E-state index is 0.611. The maximum Gasteiger partial charge on any atom is 0.195 e. The van der Waals surface area contributed by atoms with Crippen molar-refractivity contribution in [1.82, 2.24) is 5.10 Å². The number of hydrogen-bond donors (Lipinski definition) is 1. The number of H-pyrrole nitrogens is 1. The van der Waals surface area contributed by atoms with Gasteiger partial charge >= 0.3 is 0 Å². The minimum atomic E-state index is 0.611. The van der Waals surface area contributed by atoms with E-state index in [1.165, 1.54) is 12.8 Å². The van der Waals surface area contributed by atoms with E-state index in [9.17, 15) is 0 Å². The lowest BCUT2D eigenvalue weighted by Crippen LogP contribution is -2.38. The van der Waals surface area contributed by atoms with Gasteiger partial charge in [0.2, 0.25) is 0 Å². The Morgan fingerprint density at radius 2 is 2.40 bits per heavy atom. The summed E-state index contributed by atoms with van der Waals surface area (Å²) in [5.74, 6) is 0. The molecular weight excluding hydrogens is 124 g/mol. The van der Waals surface area contributed by atoms with Crippen LogP contribution in [0.3, 0.4) is 0 Å². The summed E-state index contributed by atoms with van der Waals surface area (Å²) in [6.45, 7) is 4.43. The number of rotatable bonds is 3. The molecule has 0 aromatic carbocycles. The highest BCUT2D eigenvalue weighted by Crippen LogP contribution is 2.01. The molecule has 1 rings (SSSR count). The van der Waals surface area contributed by atoms with Gasteiger partial charge in [-0.1, -0.05) is 6.92 Å². The number of nitrogens with one attached hydrogen (secondary N) is 1. The van der Waals surface area contributed by atoms with Crippen LogP contribution in [0.2, 0.25) is 0 Å².